The van der Waals surface area contributed by atoms with Crippen LogP contribution in [0.4, 0.5) is 0 Å². The largest absolute Gasteiger partial charge is 0.508 e. The number of aliphatic hydroxyl groups is 2. The third kappa shape index (κ3) is 3.02. The highest BCUT2D eigenvalue weighted by Crippen LogP contribution is 2.47. The normalized spacial score (nSPS) is 30.9. The van der Waals surface area contributed by atoms with Crippen LogP contribution < -0.4 is 0 Å². The van der Waals surface area contributed by atoms with Gasteiger partial charge in [0, 0.05) is 18.1 Å². The Morgan fingerprint density at radius 2 is 1.54 bits per heavy atom. The number of aliphatic hydroxyl groups excluding tert-OH is 1. The molecule has 2 aliphatic heterocycles. The molecule has 0 aliphatic carbocycles. The van der Waals surface area contributed by atoms with E-state index in [9.17, 15) is 15.3 Å². The first-order chi connectivity index (χ1) is 12.5. The third-order valence-electron chi connectivity index (χ3n) is 6.30. The van der Waals surface area contributed by atoms with Crippen LogP contribution in [0.25, 0.3) is 0 Å². The molecule has 0 aromatic heterocycles. The number of rotatable bonds is 4. The van der Waals surface area contributed by atoms with E-state index in [1.54, 1.807) is 24.3 Å². The zero-order valence-electron chi connectivity index (χ0n) is 15.1. The number of phenols is 1. The molecule has 0 amide bonds. The first-order valence-electron chi connectivity index (χ1n) is 9.50. The highest BCUT2D eigenvalue weighted by Gasteiger charge is 2.50. The second-order valence-corrected chi connectivity index (χ2v) is 7.92. The Labute approximate surface area is 154 Å². The van der Waals surface area contributed by atoms with E-state index in [-0.39, 0.29) is 23.9 Å². The van der Waals surface area contributed by atoms with Crippen molar-refractivity contribution in [2.24, 2.45) is 0 Å². The zero-order chi connectivity index (χ0) is 18.3. The van der Waals surface area contributed by atoms with E-state index in [0.29, 0.717) is 12.8 Å². The van der Waals surface area contributed by atoms with Crippen molar-refractivity contribution >= 4 is 0 Å². The smallest absolute Gasteiger partial charge is 0.115 e. The molecule has 2 bridgehead atoms. The van der Waals surface area contributed by atoms with E-state index in [0.717, 1.165) is 24.0 Å². The lowest BCUT2D eigenvalue weighted by Crippen LogP contribution is -2.54. The number of aromatic hydroxyl groups is 1. The molecule has 2 saturated heterocycles. The summed E-state index contributed by atoms with van der Waals surface area (Å²) in [6, 6.07) is 17.3. The Hall–Kier alpha value is -1.88. The van der Waals surface area contributed by atoms with Crippen molar-refractivity contribution in [1.82, 2.24) is 4.90 Å². The molecule has 26 heavy (non-hydrogen) atoms. The standard InChI is InChI=1S/C22H27NO3/c1-15(21(25)16-7-11-20(24)12-8-16)23-18-9-10-19(23)14-22(26,13-18)17-5-3-2-4-6-17/h2-8,11-12,15,18-19,21,24-26H,9-10,13-14H2,1H3/t15-,18?,19?,21-,22?/m1/s1. The van der Waals surface area contributed by atoms with Gasteiger partial charge in [-0.1, -0.05) is 42.5 Å². The third-order valence-corrected chi connectivity index (χ3v) is 6.30. The topological polar surface area (TPSA) is 63.9 Å². The number of benzene rings is 2. The molecule has 2 aromatic carbocycles. The summed E-state index contributed by atoms with van der Waals surface area (Å²) in [6.45, 7) is 2.07. The van der Waals surface area contributed by atoms with Gasteiger partial charge in [0.2, 0.25) is 0 Å². The van der Waals surface area contributed by atoms with Gasteiger partial charge in [-0.25, -0.2) is 0 Å². The van der Waals surface area contributed by atoms with Gasteiger partial charge in [-0.3, -0.25) is 4.90 Å². The summed E-state index contributed by atoms with van der Waals surface area (Å²) >= 11 is 0. The first-order valence-corrected chi connectivity index (χ1v) is 9.50. The number of nitrogens with zero attached hydrogens (tertiary/aromatic N) is 1. The molecule has 138 valence electrons. The number of hydrogen-bond donors (Lipinski definition) is 3. The van der Waals surface area contributed by atoms with Crippen molar-refractivity contribution in [2.45, 2.75) is 62.4 Å². The van der Waals surface area contributed by atoms with Gasteiger partial charge >= 0.3 is 0 Å². The van der Waals surface area contributed by atoms with Crippen LogP contribution in [0.5, 0.6) is 5.75 Å². The van der Waals surface area contributed by atoms with E-state index in [1.165, 1.54) is 0 Å². The molecule has 2 aromatic rings. The molecule has 4 rings (SSSR count). The summed E-state index contributed by atoms with van der Waals surface area (Å²) in [7, 11) is 0. The van der Waals surface area contributed by atoms with Crippen molar-refractivity contribution in [3.8, 4) is 5.75 Å². The van der Waals surface area contributed by atoms with E-state index in [4.69, 9.17) is 0 Å². The van der Waals surface area contributed by atoms with E-state index in [2.05, 4.69) is 11.8 Å². The number of fused-ring (bicyclic) bond motifs is 2. The minimum atomic E-state index is -0.771. The molecule has 2 unspecified atom stereocenters. The number of phenolic OH excluding ortho intramolecular Hbond substituents is 1. The SMILES string of the molecule is C[C@H]([C@@H](O)c1ccc(O)cc1)N1C2CCC1CC(O)(c1ccccc1)C2. The fourth-order valence-corrected chi connectivity index (χ4v) is 5.02. The maximum Gasteiger partial charge on any atom is 0.115 e. The lowest BCUT2D eigenvalue weighted by molar-refractivity contribution is -0.0844. The lowest BCUT2D eigenvalue weighted by Gasteiger charge is -2.47. The second kappa shape index (κ2) is 6.69. The molecule has 2 heterocycles. The molecule has 4 atom stereocenters. The Morgan fingerprint density at radius 3 is 2.12 bits per heavy atom. The Morgan fingerprint density at radius 1 is 0.962 bits per heavy atom. The van der Waals surface area contributed by atoms with Crippen molar-refractivity contribution in [2.75, 3.05) is 0 Å². The van der Waals surface area contributed by atoms with E-state index >= 15 is 0 Å². The molecule has 2 fully saturated rings. The Balaban J connectivity index is 1.54. The molecule has 3 N–H and O–H groups in total. The van der Waals surface area contributed by atoms with Crippen LogP contribution in [0.15, 0.2) is 54.6 Å². The van der Waals surface area contributed by atoms with Crippen molar-refractivity contribution in [3.05, 3.63) is 65.7 Å². The fraction of sp³-hybridized carbons (Fsp3) is 0.455. The summed E-state index contributed by atoms with van der Waals surface area (Å²) in [5.41, 5.74) is 1.05. The monoisotopic (exact) mass is 353 g/mol. The highest BCUT2D eigenvalue weighted by atomic mass is 16.3. The van der Waals surface area contributed by atoms with Crippen molar-refractivity contribution in [1.29, 1.82) is 0 Å². The van der Waals surface area contributed by atoms with Gasteiger partial charge in [-0.2, -0.15) is 0 Å². The van der Waals surface area contributed by atoms with Gasteiger partial charge in [-0.05, 0) is 55.9 Å². The second-order valence-electron chi connectivity index (χ2n) is 7.92. The quantitative estimate of drug-likeness (QED) is 0.789. The molecule has 2 aliphatic rings. The highest BCUT2D eigenvalue weighted by molar-refractivity contribution is 5.29. The van der Waals surface area contributed by atoms with Crippen molar-refractivity contribution in [3.63, 3.8) is 0 Å². The molecule has 4 heteroatoms. The van der Waals surface area contributed by atoms with Gasteiger partial charge in [0.15, 0.2) is 0 Å². The van der Waals surface area contributed by atoms with Crippen LogP contribution in [0, 0.1) is 0 Å². The lowest BCUT2D eigenvalue weighted by atomic mass is 9.79. The molecule has 0 saturated carbocycles. The maximum absolute atomic E-state index is 11.3. The van der Waals surface area contributed by atoms with E-state index < -0.39 is 11.7 Å². The zero-order valence-corrected chi connectivity index (χ0v) is 15.1. The van der Waals surface area contributed by atoms with Gasteiger partial charge in [0.05, 0.1) is 11.7 Å². The van der Waals surface area contributed by atoms with Gasteiger partial charge < -0.3 is 15.3 Å². The number of hydrogen-bond acceptors (Lipinski definition) is 4. The van der Waals surface area contributed by atoms with Crippen LogP contribution in [0.3, 0.4) is 0 Å². The Bertz CT molecular complexity index is 732. The summed E-state index contributed by atoms with van der Waals surface area (Å²) < 4.78 is 0. The van der Waals surface area contributed by atoms with Crippen LogP contribution in [-0.4, -0.2) is 38.3 Å². The molecular weight excluding hydrogens is 326 g/mol. The van der Waals surface area contributed by atoms with Crippen LogP contribution in [0.2, 0.25) is 0 Å². The summed E-state index contributed by atoms with van der Waals surface area (Å²) in [5.74, 6) is 0.208. The predicted molar refractivity (Wildman–Crippen MR) is 101 cm³/mol. The van der Waals surface area contributed by atoms with Crippen LogP contribution in [-0.2, 0) is 5.60 Å². The van der Waals surface area contributed by atoms with Gasteiger partial charge in [0.1, 0.15) is 5.75 Å². The van der Waals surface area contributed by atoms with Crippen molar-refractivity contribution < 1.29 is 15.3 Å². The summed E-state index contributed by atoms with van der Waals surface area (Å²) in [6.07, 6.45) is 2.93. The minimum Gasteiger partial charge on any atom is -0.508 e. The molecule has 0 spiro atoms. The summed E-state index contributed by atoms with van der Waals surface area (Å²) in [4.78, 5) is 2.41. The minimum absolute atomic E-state index is 0.0302. The average molecular weight is 353 g/mol. The predicted octanol–water partition coefficient (Wildman–Crippen LogP) is 3.33. The van der Waals surface area contributed by atoms with Crippen LogP contribution in [0.1, 0.15) is 49.8 Å². The maximum atomic E-state index is 11.3. The fourth-order valence-electron chi connectivity index (χ4n) is 5.02. The average Bonchev–Trinajstić information content (AvgIpc) is 2.94. The summed E-state index contributed by atoms with van der Waals surface area (Å²) in [5, 5.41) is 31.6. The number of piperidine rings is 1. The van der Waals surface area contributed by atoms with Gasteiger partial charge in [-0.15, -0.1) is 0 Å². The van der Waals surface area contributed by atoms with Gasteiger partial charge in [0.25, 0.3) is 0 Å². The van der Waals surface area contributed by atoms with Crippen LogP contribution >= 0.6 is 0 Å². The van der Waals surface area contributed by atoms with E-state index in [1.807, 2.05) is 30.3 Å². The Kier molecular flexibility index (Phi) is 4.51. The molecular formula is C22H27NO3. The first kappa shape index (κ1) is 17.5. The molecule has 4 nitrogen and oxygen atoms in total. The molecule has 0 radical (unpaired) electrons.